The van der Waals surface area contributed by atoms with Gasteiger partial charge in [0.15, 0.2) is 0 Å². The van der Waals surface area contributed by atoms with E-state index in [-0.39, 0.29) is 0 Å². The highest BCUT2D eigenvalue weighted by Crippen LogP contribution is 2.34. The van der Waals surface area contributed by atoms with Gasteiger partial charge in [-0.05, 0) is 48.5 Å². The summed E-state index contributed by atoms with van der Waals surface area (Å²) in [5.41, 5.74) is 1.87. The topological polar surface area (TPSA) is 12.0 Å². The lowest BCUT2D eigenvalue weighted by molar-refractivity contribution is 0.305. The van der Waals surface area contributed by atoms with Crippen LogP contribution in [-0.4, -0.2) is 23.8 Å². The van der Waals surface area contributed by atoms with Crippen LogP contribution in [0.15, 0.2) is 29.2 Å². The number of benzene rings is 1. The van der Waals surface area contributed by atoms with Crippen LogP contribution in [0.5, 0.6) is 0 Å². The van der Waals surface area contributed by atoms with E-state index in [1.807, 2.05) is 0 Å². The fourth-order valence-corrected chi connectivity index (χ4v) is 4.41. The number of rotatable bonds is 4. The predicted octanol–water partition coefficient (Wildman–Crippen LogP) is 4.59. The summed E-state index contributed by atoms with van der Waals surface area (Å²) in [5.74, 6) is 2.54. The summed E-state index contributed by atoms with van der Waals surface area (Å²) >= 11 is 3.89. The minimum Gasteiger partial charge on any atom is -0.307 e. The molecular weight excluding hydrogens is 270 g/mol. The molecule has 1 aliphatic heterocycles. The highest BCUT2D eigenvalue weighted by molar-refractivity contribution is 7.99. The molecule has 0 aliphatic carbocycles. The summed E-state index contributed by atoms with van der Waals surface area (Å²) in [6.07, 6.45) is 3.41. The van der Waals surface area contributed by atoms with Gasteiger partial charge in [0.2, 0.25) is 0 Å². The van der Waals surface area contributed by atoms with Gasteiger partial charge in [0, 0.05) is 22.7 Å². The van der Waals surface area contributed by atoms with E-state index in [0.29, 0.717) is 17.5 Å². The maximum atomic E-state index is 3.80. The van der Waals surface area contributed by atoms with Gasteiger partial charge in [-0.2, -0.15) is 11.8 Å². The molecule has 0 radical (unpaired) electrons. The lowest BCUT2D eigenvalue weighted by Crippen LogP contribution is -2.41. The van der Waals surface area contributed by atoms with E-state index < -0.39 is 0 Å². The van der Waals surface area contributed by atoms with Gasteiger partial charge in [0.05, 0.1) is 0 Å². The minimum absolute atomic E-state index is 0.440. The van der Waals surface area contributed by atoms with Gasteiger partial charge in [-0.25, -0.2) is 0 Å². The Morgan fingerprint density at radius 1 is 1.32 bits per heavy atom. The molecular formula is C16H25NS2. The summed E-state index contributed by atoms with van der Waals surface area (Å²) in [6, 6.07) is 10.0. The Hall–Kier alpha value is -0.120. The van der Waals surface area contributed by atoms with Crippen LogP contribution in [0.25, 0.3) is 0 Å². The van der Waals surface area contributed by atoms with Crippen molar-refractivity contribution in [2.45, 2.75) is 44.2 Å². The largest absolute Gasteiger partial charge is 0.307 e. The van der Waals surface area contributed by atoms with Crippen molar-refractivity contribution in [1.82, 2.24) is 5.32 Å². The summed E-state index contributed by atoms with van der Waals surface area (Å²) in [7, 11) is 0. The molecule has 1 saturated heterocycles. The van der Waals surface area contributed by atoms with Crippen LogP contribution in [0, 0.1) is 5.41 Å². The van der Waals surface area contributed by atoms with Crippen LogP contribution in [-0.2, 0) is 0 Å². The van der Waals surface area contributed by atoms with Crippen LogP contribution in [0.1, 0.15) is 38.8 Å². The average molecular weight is 296 g/mol. The molecule has 1 aliphatic rings. The second kappa shape index (κ2) is 6.55. The summed E-state index contributed by atoms with van der Waals surface area (Å²) in [5, 5.41) is 3.80. The zero-order chi connectivity index (χ0) is 13.9. The van der Waals surface area contributed by atoms with Crippen molar-refractivity contribution in [3.05, 3.63) is 29.8 Å². The van der Waals surface area contributed by atoms with E-state index in [1.54, 1.807) is 11.8 Å². The molecule has 1 nitrogen and oxygen atoms in total. The van der Waals surface area contributed by atoms with Gasteiger partial charge in [-0.3, -0.25) is 0 Å². The van der Waals surface area contributed by atoms with Gasteiger partial charge in [-0.1, -0.05) is 26.0 Å². The third-order valence-corrected chi connectivity index (χ3v) is 6.08. The first kappa shape index (κ1) is 15.3. The molecule has 0 amide bonds. The second-order valence-corrected chi connectivity index (χ2v) is 8.15. The average Bonchev–Trinajstić information content (AvgIpc) is 2.37. The van der Waals surface area contributed by atoms with Gasteiger partial charge < -0.3 is 5.32 Å². The lowest BCUT2D eigenvalue weighted by Gasteiger charge is -2.36. The molecule has 3 heteroatoms. The molecule has 0 aromatic heterocycles. The Balaban J connectivity index is 1.94. The maximum Gasteiger partial charge on any atom is 0.0294 e. The summed E-state index contributed by atoms with van der Waals surface area (Å²) in [6.45, 7) is 7.04. The molecule has 2 rings (SSSR count). The van der Waals surface area contributed by atoms with Gasteiger partial charge in [-0.15, -0.1) is 11.8 Å². The van der Waals surface area contributed by atoms with E-state index >= 15 is 0 Å². The number of nitrogens with one attached hydrogen (secondary N) is 1. The minimum atomic E-state index is 0.440. The maximum absolute atomic E-state index is 3.80. The monoisotopic (exact) mass is 295 g/mol. The van der Waals surface area contributed by atoms with Crippen molar-refractivity contribution in [3.8, 4) is 0 Å². The van der Waals surface area contributed by atoms with Crippen LogP contribution in [0.2, 0.25) is 0 Å². The molecule has 2 unspecified atom stereocenters. The van der Waals surface area contributed by atoms with Crippen molar-refractivity contribution in [3.63, 3.8) is 0 Å². The Labute approximate surface area is 126 Å². The normalized spacial score (nSPS) is 24.1. The van der Waals surface area contributed by atoms with E-state index in [9.17, 15) is 0 Å². The number of thioether (sulfide) groups is 2. The quantitative estimate of drug-likeness (QED) is 0.816. The third kappa shape index (κ3) is 4.44. The molecule has 19 heavy (non-hydrogen) atoms. The number of hydrogen-bond acceptors (Lipinski definition) is 3. The lowest BCUT2D eigenvalue weighted by atomic mass is 9.87. The van der Waals surface area contributed by atoms with E-state index in [4.69, 9.17) is 0 Å². The highest BCUT2D eigenvalue weighted by atomic mass is 32.2. The first-order valence-corrected chi connectivity index (χ1v) is 9.36. The molecule has 0 spiro atoms. The molecule has 1 fully saturated rings. The molecule has 2 atom stereocenters. The summed E-state index contributed by atoms with van der Waals surface area (Å²) < 4.78 is 0. The first-order valence-electron chi connectivity index (χ1n) is 6.98. The highest BCUT2D eigenvalue weighted by Gasteiger charge is 2.29. The van der Waals surface area contributed by atoms with E-state index in [1.165, 1.54) is 28.4 Å². The standard InChI is InChI=1S/C16H25NS2/c1-12(13-5-7-15(18-4)8-6-13)17-14-9-16(2,3)11-19-10-14/h5-8,12,14,17H,9-11H2,1-4H3. The Morgan fingerprint density at radius 2 is 2.00 bits per heavy atom. The van der Waals surface area contributed by atoms with Crippen molar-refractivity contribution in [2.24, 2.45) is 5.41 Å². The van der Waals surface area contributed by atoms with Crippen molar-refractivity contribution in [1.29, 1.82) is 0 Å². The van der Waals surface area contributed by atoms with Gasteiger partial charge in [0.25, 0.3) is 0 Å². The Kier molecular flexibility index (Phi) is 5.27. The van der Waals surface area contributed by atoms with E-state index in [0.717, 1.165) is 0 Å². The third-order valence-electron chi connectivity index (χ3n) is 3.71. The zero-order valence-electron chi connectivity index (χ0n) is 12.4. The molecule has 1 aromatic carbocycles. The van der Waals surface area contributed by atoms with Gasteiger partial charge in [0.1, 0.15) is 0 Å². The van der Waals surface area contributed by atoms with Crippen molar-refractivity contribution < 1.29 is 0 Å². The SMILES string of the molecule is CSc1ccc(C(C)NC2CSCC(C)(C)C2)cc1. The van der Waals surface area contributed by atoms with Crippen LogP contribution < -0.4 is 5.32 Å². The predicted molar refractivity (Wildman–Crippen MR) is 89.3 cm³/mol. The first-order chi connectivity index (χ1) is 9.00. The fourth-order valence-electron chi connectivity index (χ4n) is 2.71. The van der Waals surface area contributed by atoms with Gasteiger partial charge >= 0.3 is 0 Å². The fraction of sp³-hybridized carbons (Fsp3) is 0.625. The molecule has 0 saturated carbocycles. The number of hydrogen-bond donors (Lipinski definition) is 1. The molecule has 1 aromatic rings. The smallest absolute Gasteiger partial charge is 0.0294 e. The van der Waals surface area contributed by atoms with Crippen LogP contribution >= 0.6 is 23.5 Å². The molecule has 0 bridgehead atoms. The van der Waals surface area contributed by atoms with Crippen molar-refractivity contribution in [2.75, 3.05) is 17.8 Å². The van der Waals surface area contributed by atoms with E-state index in [2.05, 4.69) is 68.4 Å². The molecule has 106 valence electrons. The second-order valence-electron chi connectivity index (χ2n) is 6.24. The Bertz CT molecular complexity index is 400. The zero-order valence-corrected chi connectivity index (χ0v) is 14.0. The Morgan fingerprint density at radius 3 is 2.58 bits per heavy atom. The van der Waals surface area contributed by atoms with Crippen molar-refractivity contribution >= 4 is 23.5 Å². The summed E-state index contributed by atoms with van der Waals surface area (Å²) in [4.78, 5) is 1.34. The molecule has 1 heterocycles. The van der Waals surface area contributed by atoms with Crippen LogP contribution in [0.3, 0.4) is 0 Å². The van der Waals surface area contributed by atoms with Crippen LogP contribution in [0.4, 0.5) is 0 Å². The molecule has 1 N–H and O–H groups in total.